The average Bonchev–Trinajstić information content (AvgIpc) is 2.85. The van der Waals surface area contributed by atoms with Crippen molar-refractivity contribution >= 4 is 17.9 Å². The van der Waals surface area contributed by atoms with Crippen molar-refractivity contribution in [2.45, 2.75) is 52.4 Å². The van der Waals surface area contributed by atoms with E-state index in [1.165, 1.54) is 11.1 Å². The van der Waals surface area contributed by atoms with Crippen molar-refractivity contribution in [2.75, 3.05) is 13.2 Å². The number of rotatable bonds is 10. The Morgan fingerprint density at radius 1 is 0.818 bits per heavy atom. The lowest BCUT2D eigenvalue weighted by atomic mass is 9.98. The van der Waals surface area contributed by atoms with Gasteiger partial charge in [-0.1, -0.05) is 58.5 Å². The molecular weight excluding hydrogens is 420 g/mol. The van der Waals surface area contributed by atoms with Crippen molar-refractivity contribution in [1.82, 2.24) is 0 Å². The lowest BCUT2D eigenvalue weighted by Gasteiger charge is -2.09. The normalized spacial score (nSPS) is 11.9. The van der Waals surface area contributed by atoms with Crippen LogP contribution in [-0.4, -0.2) is 36.2 Å². The molecule has 0 amide bonds. The molecule has 0 radical (unpaired) electrons. The van der Waals surface area contributed by atoms with Gasteiger partial charge in [-0.05, 0) is 60.1 Å². The van der Waals surface area contributed by atoms with Crippen molar-refractivity contribution in [2.24, 2.45) is 0 Å². The highest BCUT2D eigenvalue weighted by molar-refractivity contribution is 5.89. The summed E-state index contributed by atoms with van der Waals surface area (Å²) in [6, 6.07) is 14.5. The second kappa shape index (κ2) is 14.6. The van der Waals surface area contributed by atoms with Crippen molar-refractivity contribution in [3.63, 3.8) is 0 Å². The highest BCUT2D eigenvalue weighted by Crippen LogP contribution is 2.19. The van der Waals surface area contributed by atoms with E-state index in [9.17, 15) is 14.4 Å². The van der Waals surface area contributed by atoms with Gasteiger partial charge in [0.2, 0.25) is 0 Å². The summed E-state index contributed by atoms with van der Waals surface area (Å²) in [4.78, 5) is 33.1. The van der Waals surface area contributed by atoms with Gasteiger partial charge in [0, 0.05) is 6.08 Å². The maximum absolute atomic E-state index is 11.7. The molecule has 2 atom stereocenters. The molecule has 0 aromatic heterocycles. The first-order valence-electron chi connectivity index (χ1n) is 11.1. The van der Waals surface area contributed by atoms with Crippen molar-refractivity contribution < 1.29 is 29.0 Å². The summed E-state index contributed by atoms with van der Waals surface area (Å²) in [6.45, 7) is 11.8. The van der Waals surface area contributed by atoms with Crippen LogP contribution in [0.15, 0.2) is 61.2 Å². The summed E-state index contributed by atoms with van der Waals surface area (Å²) < 4.78 is 9.71. The molecule has 6 nitrogen and oxygen atoms in total. The van der Waals surface area contributed by atoms with Crippen LogP contribution < -0.4 is 0 Å². The summed E-state index contributed by atoms with van der Waals surface area (Å²) >= 11 is 0. The van der Waals surface area contributed by atoms with Gasteiger partial charge in [-0.25, -0.2) is 14.4 Å². The molecule has 0 fully saturated rings. The fourth-order valence-electron chi connectivity index (χ4n) is 2.79. The molecule has 0 aliphatic heterocycles. The molecule has 33 heavy (non-hydrogen) atoms. The van der Waals surface area contributed by atoms with Crippen LogP contribution in [0, 0.1) is 0 Å². The molecule has 0 heterocycles. The number of hydrogen-bond donors (Lipinski definition) is 1. The van der Waals surface area contributed by atoms with Crippen LogP contribution in [0.5, 0.6) is 0 Å². The van der Waals surface area contributed by atoms with E-state index in [0.29, 0.717) is 23.0 Å². The Morgan fingerprint density at radius 2 is 1.24 bits per heavy atom. The minimum atomic E-state index is -0.865. The molecule has 2 rings (SSSR count). The molecule has 0 saturated heterocycles. The van der Waals surface area contributed by atoms with Crippen LogP contribution in [0.4, 0.5) is 0 Å². The molecule has 1 N–H and O–H groups in total. The van der Waals surface area contributed by atoms with E-state index in [4.69, 9.17) is 14.6 Å². The van der Waals surface area contributed by atoms with Crippen molar-refractivity contribution in [3.8, 4) is 0 Å². The van der Waals surface area contributed by atoms with Crippen LogP contribution in [0.25, 0.3) is 0 Å². The average molecular weight is 455 g/mol. The zero-order valence-corrected chi connectivity index (χ0v) is 19.9. The van der Waals surface area contributed by atoms with Gasteiger partial charge < -0.3 is 14.6 Å². The number of carbonyl (C=O) groups excluding carboxylic acids is 2. The Hall–Kier alpha value is -3.41. The predicted molar refractivity (Wildman–Crippen MR) is 129 cm³/mol. The first-order valence-corrected chi connectivity index (χ1v) is 11.1. The summed E-state index contributed by atoms with van der Waals surface area (Å²) in [5.74, 6) is -0.841. The van der Waals surface area contributed by atoms with Crippen LogP contribution in [0.1, 0.15) is 84.2 Å². The molecular formula is C27H34O6. The molecule has 0 spiro atoms. The Bertz CT molecular complexity index is 899. The highest BCUT2D eigenvalue weighted by Gasteiger charge is 2.09. The molecule has 0 bridgehead atoms. The standard InChI is InChI=1S/C16H20O4.C11H14O2/c1-4-12(3)13-6-8-14(9-7-13)16(18)20-11-10-19-15(17)5-2;1-3-8(2)9-4-6-10(7-5-9)11(12)13/h5-9,12H,2,4,10-11H2,1,3H3;4-8H,3H2,1-2H3,(H,12,13). The number of aromatic carboxylic acids is 1. The highest BCUT2D eigenvalue weighted by atomic mass is 16.6. The minimum Gasteiger partial charge on any atom is -0.478 e. The van der Waals surface area contributed by atoms with Crippen LogP contribution in [0.2, 0.25) is 0 Å². The van der Waals surface area contributed by atoms with E-state index in [-0.39, 0.29) is 13.2 Å². The third kappa shape index (κ3) is 9.73. The van der Waals surface area contributed by atoms with Gasteiger partial charge >= 0.3 is 17.9 Å². The van der Waals surface area contributed by atoms with Gasteiger partial charge in [-0.2, -0.15) is 0 Å². The quantitative estimate of drug-likeness (QED) is 0.270. The topological polar surface area (TPSA) is 89.9 Å². The Labute approximate surface area is 196 Å². The number of carbonyl (C=O) groups is 3. The Morgan fingerprint density at radius 3 is 1.64 bits per heavy atom. The van der Waals surface area contributed by atoms with Gasteiger partial charge in [0.15, 0.2) is 0 Å². The molecule has 0 aliphatic rings. The van der Waals surface area contributed by atoms with Crippen molar-refractivity contribution in [3.05, 3.63) is 83.4 Å². The molecule has 2 aromatic carbocycles. The fourth-order valence-corrected chi connectivity index (χ4v) is 2.79. The SMILES string of the molecule is C=CC(=O)OCCOC(=O)c1ccc(C(C)CC)cc1.CCC(C)c1ccc(C(=O)O)cc1. The molecule has 2 unspecified atom stereocenters. The molecule has 0 saturated carbocycles. The first-order chi connectivity index (χ1) is 15.7. The van der Waals surface area contributed by atoms with Crippen molar-refractivity contribution in [1.29, 1.82) is 0 Å². The number of hydrogen-bond acceptors (Lipinski definition) is 5. The maximum Gasteiger partial charge on any atom is 0.338 e. The smallest absolute Gasteiger partial charge is 0.338 e. The minimum absolute atomic E-state index is 0.0293. The van der Waals surface area contributed by atoms with Crippen LogP contribution in [0.3, 0.4) is 0 Å². The van der Waals surface area contributed by atoms with E-state index >= 15 is 0 Å². The summed E-state index contributed by atoms with van der Waals surface area (Å²) in [7, 11) is 0. The largest absolute Gasteiger partial charge is 0.478 e. The summed E-state index contributed by atoms with van der Waals surface area (Å²) in [5.41, 5.74) is 3.25. The third-order valence-corrected chi connectivity index (χ3v) is 5.39. The first kappa shape index (κ1) is 27.6. The lowest BCUT2D eigenvalue weighted by Crippen LogP contribution is -2.12. The van der Waals surface area contributed by atoms with Gasteiger partial charge in [0.05, 0.1) is 11.1 Å². The molecule has 178 valence electrons. The van der Waals surface area contributed by atoms with E-state index < -0.39 is 17.9 Å². The van der Waals surface area contributed by atoms with E-state index in [2.05, 4.69) is 34.3 Å². The molecule has 0 aliphatic carbocycles. The lowest BCUT2D eigenvalue weighted by molar-refractivity contribution is -0.138. The number of carboxylic acids is 1. The number of esters is 2. The van der Waals surface area contributed by atoms with E-state index in [1.807, 2.05) is 24.3 Å². The molecule has 2 aromatic rings. The van der Waals surface area contributed by atoms with Gasteiger partial charge in [-0.3, -0.25) is 0 Å². The summed E-state index contributed by atoms with van der Waals surface area (Å²) in [6.07, 6.45) is 3.19. The third-order valence-electron chi connectivity index (χ3n) is 5.39. The van der Waals surface area contributed by atoms with E-state index in [0.717, 1.165) is 18.9 Å². The zero-order valence-electron chi connectivity index (χ0n) is 19.9. The second-order valence-corrected chi connectivity index (χ2v) is 7.68. The number of ether oxygens (including phenoxy) is 2. The second-order valence-electron chi connectivity index (χ2n) is 7.68. The summed E-state index contributed by atoms with van der Waals surface area (Å²) in [5, 5.41) is 8.67. The van der Waals surface area contributed by atoms with E-state index in [1.54, 1.807) is 24.3 Å². The number of benzene rings is 2. The Kier molecular flexibility index (Phi) is 12.2. The van der Waals surface area contributed by atoms with Crippen LogP contribution in [-0.2, 0) is 14.3 Å². The predicted octanol–water partition coefficient (Wildman–Crippen LogP) is 5.98. The Balaban J connectivity index is 0.000000361. The number of carboxylic acid groups (broad SMARTS) is 1. The zero-order chi connectivity index (χ0) is 24.8. The van der Waals surface area contributed by atoms with Gasteiger partial charge in [0.1, 0.15) is 13.2 Å². The maximum atomic E-state index is 11.7. The van der Waals surface area contributed by atoms with Crippen LogP contribution >= 0.6 is 0 Å². The van der Waals surface area contributed by atoms with Gasteiger partial charge in [0.25, 0.3) is 0 Å². The monoisotopic (exact) mass is 454 g/mol. The fraction of sp³-hybridized carbons (Fsp3) is 0.370. The molecule has 6 heteroatoms. The van der Waals surface area contributed by atoms with Gasteiger partial charge in [-0.15, -0.1) is 0 Å².